The fourth-order valence-electron chi connectivity index (χ4n) is 2.36. The molecule has 0 unspecified atom stereocenters. The number of nitrogens with zero attached hydrogens (tertiary/aromatic N) is 1. The van der Waals surface area contributed by atoms with E-state index in [1.54, 1.807) is 49.6 Å². The Kier molecular flexibility index (Phi) is 4.98. The Morgan fingerprint density at radius 2 is 1.92 bits per heavy atom. The van der Waals surface area contributed by atoms with Crippen molar-refractivity contribution < 1.29 is 19.1 Å². The molecule has 0 bridgehead atoms. The highest BCUT2D eigenvalue weighted by atomic mass is 16.5. The summed E-state index contributed by atoms with van der Waals surface area (Å²) in [6.07, 6.45) is 1.67. The average molecular weight is 351 g/mol. The lowest BCUT2D eigenvalue weighted by atomic mass is 10.2. The zero-order valence-corrected chi connectivity index (χ0v) is 14.3. The predicted octanol–water partition coefficient (Wildman–Crippen LogP) is 2.42. The first-order valence-electron chi connectivity index (χ1n) is 7.80. The minimum Gasteiger partial charge on any atom is -0.497 e. The molecule has 1 aliphatic heterocycles. The van der Waals surface area contributed by atoms with Gasteiger partial charge in [-0.15, -0.1) is 0 Å². The Balaban J connectivity index is 1.77. The maximum absolute atomic E-state index is 12.1. The fourth-order valence-corrected chi connectivity index (χ4v) is 2.36. The first kappa shape index (κ1) is 17.2. The third-order valence-corrected chi connectivity index (χ3v) is 3.66. The topological polar surface area (TPSA) is 89.0 Å². The molecule has 7 nitrogen and oxygen atoms in total. The third kappa shape index (κ3) is 3.89. The second-order valence-electron chi connectivity index (χ2n) is 5.41. The Morgan fingerprint density at radius 3 is 2.62 bits per heavy atom. The van der Waals surface area contributed by atoms with E-state index in [1.807, 2.05) is 12.1 Å². The van der Waals surface area contributed by atoms with Gasteiger partial charge in [-0.05, 0) is 42.0 Å². The van der Waals surface area contributed by atoms with Crippen LogP contribution >= 0.6 is 0 Å². The number of carbonyl (C=O) groups is 2. The maximum atomic E-state index is 12.1. The molecular weight excluding hydrogens is 334 g/mol. The number of benzene rings is 2. The minimum atomic E-state index is -0.439. The van der Waals surface area contributed by atoms with Gasteiger partial charge < -0.3 is 14.8 Å². The van der Waals surface area contributed by atoms with E-state index in [-0.39, 0.29) is 17.6 Å². The lowest BCUT2D eigenvalue weighted by Gasteiger charge is -2.06. The molecule has 0 aliphatic carbocycles. The molecule has 0 saturated carbocycles. The zero-order chi connectivity index (χ0) is 18.5. The molecule has 0 fully saturated rings. The van der Waals surface area contributed by atoms with E-state index >= 15 is 0 Å². The molecule has 0 atom stereocenters. The van der Waals surface area contributed by atoms with Crippen molar-refractivity contribution in [3.8, 4) is 5.75 Å². The van der Waals surface area contributed by atoms with Crippen LogP contribution < -0.4 is 15.4 Å². The van der Waals surface area contributed by atoms with Crippen LogP contribution in [-0.2, 0) is 9.53 Å². The van der Waals surface area contributed by atoms with Gasteiger partial charge >= 0.3 is 5.97 Å². The lowest BCUT2D eigenvalue weighted by molar-refractivity contribution is -0.115. The molecule has 1 aliphatic rings. The molecule has 3 rings (SSSR count). The molecule has 1 amide bonds. The number of esters is 1. The molecule has 132 valence electrons. The summed E-state index contributed by atoms with van der Waals surface area (Å²) in [5.41, 5.74) is 2.12. The van der Waals surface area contributed by atoms with E-state index in [2.05, 4.69) is 15.6 Å². The van der Waals surface area contributed by atoms with Crippen LogP contribution in [-0.4, -0.2) is 32.1 Å². The number of rotatable bonds is 4. The molecule has 0 aromatic heterocycles. The summed E-state index contributed by atoms with van der Waals surface area (Å²) in [6, 6.07) is 14.0. The largest absolute Gasteiger partial charge is 0.497 e. The van der Waals surface area contributed by atoms with Gasteiger partial charge in [0.15, 0.2) is 0 Å². The number of ether oxygens (including phenoxy) is 2. The van der Waals surface area contributed by atoms with Gasteiger partial charge in [0, 0.05) is 5.69 Å². The van der Waals surface area contributed by atoms with Crippen molar-refractivity contribution in [2.24, 2.45) is 4.99 Å². The van der Waals surface area contributed by atoms with Gasteiger partial charge in [-0.25, -0.2) is 9.79 Å². The van der Waals surface area contributed by atoms with Gasteiger partial charge in [0.2, 0.25) is 5.96 Å². The van der Waals surface area contributed by atoms with E-state index < -0.39 is 5.97 Å². The van der Waals surface area contributed by atoms with E-state index in [0.717, 1.165) is 11.3 Å². The van der Waals surface area contributed by atoms with Gasteiger partial charge in [-0.1, -0.05) is 18.2 Å². The van der Waals surface area contributed by atoms with Gasteiger partial charge in [0.05, 0.1) is 19.8 Å². The number of nitrogens with one attached hydrogen (secondary N) is 2. The Hall–Kier alpha value is -3.61. The third-order valence-electron chi connectivity index (χ3n) is 3.66. The smallest absolute Gasteiger partial charge is 0.337 e. The molecule has 2 aromatic rings. The molecule has 1 heterocycles. The molecule has 2 N–H and O–H groups in total. The molecular formula is C19H17N3O4. The monoisotopic (exact) mass is 351 g/mol. The van der Waals surface area contributed by atoms with Crippen LogP contribution in [0.2, 0.25) is 0 Å². The first-order valence-corrected chi connectivity index (χ1v) is 7.80. The first-order chi connectivity index (χ1) is 12.6. The molecule has 7 heteroatoms. The van der Waals surface area contributed by atoms with Crippen molar-refractivity contribution in [1.29, 1.82) is 0 Å². The highest BCUT2D eigenvalue weighted by molar-refractivity contribution is 6.17. The number of amides is 1. The summed E-state index contributed by atoms with van der Waals surface area (Å²) in [6.45, 7) is 0. The summed E-state index contributed by atoms with van der Waals surface area (Å²) in [5.74, 6) is 0.273. The molecule has 0 saturated heterocycles. The summed E-state index contributed by atoms with van der Waals surface area (Å²) in [7, 11) is 2.91. The number of aliphatic imine (C=N–C) groups is 1. The van der Waals surface area contributed by atoms with Crippen LogP contribution in [0.1, 0.15) is 15.9 Å². The molecule has 0 spiro atoms. The van der Waals surface area contributed by atoms with Crippen molar-refractivity contribution in [1.82, 2.24) is 5.32 Å². The van der Waals surface area contributed by atoms with E-state index in [1.165, 1.54) is 7.11 Å². The summed E-state index contributed by atoms with van der Waals surface area (Å²) < 4.78 is 9.80. The van der Waals surface area contributed by atoms with E-state index in [4.69, 9.17) is 9.47 Å². The predicted molar refractivity (Wildman–Crippen MR) is 98.0 cm³/mol. The van der Waals surface area contributed by atoms with Crippen LogP contribution in [0.3, 0.4) is 0 Å². The molecule has 26 heavy (non-hydrogen) atoms. The zero-order valence-electron chi connectivity index (χ0n) is 14.3. The van der Waals surface area contributed by atoms with Crippen LogP contribution in [0.4, 0.5) is 5.69 Å². The van der Waals surface area contributed by atoms with Crippen molar-refractivity contribution in [3.63, 3.8) is 0 Å². The number of guanidine groups is 1. The van der Waals surface area contributed by atoms with Gasteiger partial charge in [-0.2, -0.15) is 0 Å². The summed E-state index contributed by atoms with van der Waals surface area (Å²) in [4.78, 5) is 27.9. The average Bonchev–Trinajstić information content (AvgIpc) is 3.00. The number of anilines is 1. The number of carbonyl (C=O) groups excluding carboxylic acids is 2. The molecule has 2 aromatic carbocycles. The number of hydrogen-bond acceptors (Lipinski definition) is 6. The SMILES string of the molecule is COC(=O)c1cccc(NC2=NC(=Cc3ccc(OC)cc3)C(=O)N2)c1. The van der Waals surface area contributed by atoms with Crippen LogP contribution in [0, 0.1) is 0 Å². The van der Waals surface area contributed by atoms with Gasteiger partial charge in [-0.3, -0.25) is 10.1 Å². The highest BCUT2D eigenvalue weighted by Gasteiger charge is 2.20. The lowest BCUT2D eigenvalue weighted by Crippen LogP contribution is -2.30. The fraction of sp³-hybridized carbons (Fsp3) is 0.105. The van der Waals surface area contributed by atoms with Gasteiger partial charge in [0.1, 0.15) is 11.4 Å². The van der Waals surface area contributed by atoms with Crippen molar-refractivity contribution in [2.75, 3.05) is 19.5 Å². The standard InChI is InChI=1S/C19H17N3O4/c1-25-15-8-6-12(7-9-15)10-16-17(23)22-19(21-16)20-14-5-3-4-13(11-14)18(24)26-2/h3-11H,1-2H3,(H2,20,21,22,23). The Labute approximate surface area is 150 Å². The Morgan fingerprint density at radius 1 is 1.15 bits per heavy atom. The highest BCUT2D eigenvalue weighted by Crippen LogP contribution is 2.17. The number of methoxy groups -OCH3 is 2. The Bertz CT molecular complexity index is 901. The van der Waals surface area contributed by atoms with Crippen LogP contribution in [0.5, 0.6) is 5.75 Å². The van der Waals surface area contributed by atoms with E-state index in [9.17, 15) is 9.59 Å². The van der Waals surface area contributed by atoms with Gasteiger partial charge in [0.25, 0.3) is 5.91 Å². The van der Waals surface area contributed by atoms with Crippen molar-refractivity contribution in [3.05, 3.63) is 65.4 Å². The summed E-state index contributed by atoms with van der Waals surface area (Å²) >= 11 is 0. The van der Waals surface area contributed by atoms with Crippen LogP contribution in [0.25, 0.3) is 6.08 Å². The second kappa shape index (κ2) is 7.52. The molecule has 0 radical (unpaired) electrons. The summed E-state index contributed by atoms with van der Waals surface area (Å²) in [5, 5.41) is 5.62. The quantitative estimate of drug-likeness (QED) is 0.652. The van der Waals surface area contributed by atoms with E-state index in [0.29, 0.717) is 11.3 Å². The second-order valence-corrected chi connectivity index (χ2v) is 5.41. The normalized spacial score (nSPS) is 14.6. The van der Waals surface area contributed by atoms with Crippen molar-refractivity contribution in [2.45, 2.75) is 0 Å². The van der Waals surface area contributed by atoms with Crippen LogP contribution in [0.15, 0.2) is 59.2 Å². The van der Waals surface area contributed by atoms with Crippen molar-refractivity contribution >= 4 is 29.6 Å². The maximum Gasteiger partial charge on any atom is 0.337 e. The number of hydrogen-bond donors (Lipinski definition) is 2. The minimum absolute atomic E-state index is 0.279.